The van der Waals surface area contributed by atoms with Crippen molar-refractivity contribution in [3.63, 3.8) is 0 Å². The maximum Gasteiger partial charge on any atom is 0.347 e. The van der Waals surface area contributed by atoms with Gasteiger partial charge in [0.25, 0.3) is 5.60 Å². The Labute approximate surface area is 357 Å². The molecule has 2 bridgehead atoms. The summed E-state index contributed by atoms with van der Waals surface area (Å²) in [4.78, 5) is 58.1. The number of esters is 3. The highest BCUT2D eigenvalue weighted by Crippen LogP contribution is 2.58. The molecule has 0 aromatic heterocycles. The Kier molecular flexibility index (Phi) is 16.7. The number of methoxy groups -OCH3 is 1. The number of rotatable bonds is 20. The van der Waals surface area contributed by atoms with Gasteiger partial charge in [0.1, 0.15) is 11.2 Å². The lowest BCUT2D eigenvalue weighted by Gasteiger charge is -2.51. The third-order valence-corrected chi connectivity index (χ3v) is 11.1. The summed E-state index contributed by atoms with van der Waals surface area (Å²) in [5.41, 5.74) is -7.54. The number of carbonyl (C=O) groups is 4. The summed E-state index contributed by atoms with van der Waals surface area (Å²) in [5, 5.41) is 24.7. The van der Waals surface area contributed by atoms with Crippen LogP contribution in [0.3, 0.4) is 0 Å². The first-order valence-electron chi connectivity index (χ1n) is 21.2. The third kappa shape index (κ3) is 11.7. The van der Waals surface area contributed by atoms with Gasteiger partial charge >= 0.3 is 17.9 Å². The highest BCUT2D eigenvalue weighted by Gasteiger charge is 2.87. The second-order valence-corrected chi connectivity index (χ2v) is 19.1. The molecule has 2 heterocycles. The van der Waals surface area contributed by atoms with Crippen LogP contribution in [0, 0.1) is 17.8 Å². The number of allylic oxidation sites excluding steroid dienone is 1. The van der Waals surface area contributed by atoms with Crippen LogP contribution in [0.15, 0.2) is 54.6 Å². The van der Waals surface area contributed by atoms with Gasteiger partial charge in [0.05, 0.1) is 6.10 Å². The quantitative estimate of drug-likeness (QED) is 0.0447. The first kappa shape index (κ1) is 50.9. The summed E-state index contributed by atoms with van der Waals surface area (Å²) in [5.74, 6) is -8.29. The average Bonchev–Trinajstić information content (AvgIpc) is 3.38. The fourth-order valence-electron chi connectivity index (χ4n) is 7.64. The Bertz CT molecular complexity index is 1690. The molecule has 10 atom stereocenters. The molecule has 0 amide bonds. The van der Waals surface area contributed by atoms with E-state index in [1.807, 2.05) is 44.2 Å². The molecule has 3 rings (SSSR count). The van der Waals surface area contributed by atoms with Crippen molar-refractivity contribution in [1.29, 1.82) is 0 Å². The molecule has 2 saturated heterocycles. The molecular weight excluding hydrogens is 773 g/mol. The maximum absolute atomic E-state index is 15.1. The standard InChI is InChI=1S/C47H72O13/c1-16-29(3)27-30(4)23-24-35(49)55-39-38(56-44(13,14)54-15)45(26-25-31(5)36(50)32(6)28-33-21-19-18-20-22-33)57-37(34(48)17-2)46(53,40(51)58-42(7,8)9)47(39,60-45)41(52)59-43(10,11)12/h18-24,29-30,32,36-39,50,53H,5,16-17,25-28H2,1-4,6-15H3/b24-23+/t29?,30?,32?,36?,37-,38-,39-,45-,46-,47-/m1/s1. The monoisotopic (exact) mass is 844 g/mol. The Morgan fingerprint density at radius 1 is 0.917 bits per heavy atom. The molecule has 1 aromatic carbocycles. The Morgan fingerprint density at radius 2 is 1.50 bits per heavy atom. The van der Waals surface area contributed by atoms with E-state index in [0.29, 0.717) is 17.9 Å². The first-order valence-corrected chi connectivity index (χ1v) is 21.2. The van der Waals surface area contributed by atoms with Gasteiger partial charge < -0.3 is 43.4 Å². The smallest absolute Gasteiger partial charge is 0.347 e. The average molecular weight is 845 g/mol. The lowest BCUT2D eigenvalue weighted by Crippen LogP contribution is -2.79. The minimum Gasteiger partial charge on any atom is -0.458 e. The van der Waals surface area contributed by atoms with Crippen LogP contribution < -0.4 is 0 Å². The van der Waals surface area contributed by atoms with Gasteiger partial charge in [-0.1, -0.05) is 84.0 Å². The van der Waals surface area contributed by atoms with Gasteiger partial charge in [0.15, 0.2) is 29.9 Å². The van der Waals surface area contributed by atoms with Gasteiger partial charge in [0.2, 0.25) is 11.4 Å². The number of benzene rings is 1. The largest absolute Gasteiger partial charge is 0.458 e. The lowest BCUT2D eigenvalue weighted by molar-refractivity contribution is -0.384. The van der Waals surface area contributed by atoms with E-state index in [2.05, 4.69) is 20.4 Å². The zero-order chi connectivity index (χ0) is 45.6. The number of hydrogen-bond acceptors (Lipinski definition) is 13. The highest BCUT2D eigenvalue weighted by molar-refractivity contribution is 6.01. The zero-order valence-corrected chi connectivity index (χ0v) is 38.4. The van der Waals surface area contributed by atoms with Crippen molar-refractivity contribution in [2.45, 2.75) is 187 Å². The van der Waals surface area contributed by atoms with Gasteiger partial charge in [-0.2, -0.15) is 0 Å². The van der Waals surface area contributed by atoms with Crippen molar-refractivity contribution in [2.24, 2.45) is 17.8 Å². The molecule has 338 valence electrons. The van der Waals surface area contributed by atoms with Crippen molar-refractivity contribution in [3.8, 4) is 0 Å². The van der Waals surface area contributed by atoms with E-state index in [1.54, 1.807) is 61.5 Å². The summed E-state index contributed by atoms with van der Waals surface area (Å²) in [6, 6.07) is 9.66. The van der Waals surface area contributed by atoms with Gasteiger partial charge in [-0.3, -0.25) is 4.79 Å². The van der Waals surface area contributed by atoms with Gasteiger partial charge in [-0.05, 0) is 104 Å². The van der Waals surface area contributed by atoms with E-state index < -0.39 is 82.1 Å². The molecule has 0 aliphatic carbocycles. The third-order valence-electron chi connectivity index (χ3n) is 11.1. The van der Waals surface area contributed by atoms with Crippen LogP contribution in [-0.4, -0.2) is 99.4 Å². The van der Waals surface area contributed by atoms with Crippen LogP contribution in [0.4, 0.5) is 0 Å². The number of carbonyl (C=O) groups excluding carboxylic acids is 4. The van der Waals surface area contributed by atoms with Crippen molar-refractivity contribution in [3.05, 3.63) is 60.2 Å². The van der Waals surface area contributed by atoms with E-state index in [9.17, 15) is 24.6 Å². The van der Waals surface area contributed by atoms with Gasteiger partial charge in [-0.25, -0.2) is 14.4 Å². The second kappa shape index (κ2) is 19.7. The Morgan fingerprint density at radius 3 is 2.03 bits per heavy atom. The zero-order valence-electron chi connectivity index (χ0n) is 38.4. The highest BCUT2D eigenvalue weighted by atomic mass is 16.8. The van der Waals surface area contributed by atoms with Crippen LogP contribution in [0.2, 0.25) is 0 Å². The fraction of sp³-hybridized carbons (Fsp3) is 0.702. The summed E-state index contributed by atoms with van der Waals surface area (Å²) in [6.45, 7) is 26.1. The van der Waals surface area contributed by atoms with E-state index in [1.165, 1.54) is 20.1 Å². The molecule has 2 N–H and O–H groups in total. The summed E-state index contributed by atoms with van der Waals surface area (Å²) in [7, 11) is 1.37. The summed E-state index contributed by atoms with van der Waals surface area (Å²) >= 11 is 0. The molecule has 2 aliphatic rings. The molecule has 2 aliphatic heterocycles. The van der Waals surface area contributed by atoms with Crippen molar-refractivity contribution < 1.29 is 62.5 Å². The van der Waals surface area contributed by atoms with Crippen LogP contribution >= 0.6 is 0 Å². The number of aliphatic hydroxyl groups excluding tert-OH is 1. The minimum absolute atomic E-state index is 0.0381. The predicted octanol–water partition coefficient (Wildman–Crippen LogP) is 7.13. The number of aliphatic hydroxyl groups is 2. The predicted molar refractivity (Wildman–Crippen MR) is 225 cm³/mol. The van der Waals surface area contributed by atoms with Crippen LogP contribution in [-0.2, 0) is 58.8 Å². The molecule has 60 heavy (non-hydrogen) atoms. The van der Waals surface area contributed by atoms with Crippen LogP contribution in [0.25, 0.3) is 0 Å². The van der Waals surface area contributed by atoms with Gasteiger partial charge in [0, 0.05) is 26.0 Å². The molecule has 13 nitrogen and oxygen atoms in total. The normalized spacial score (nSPS) is 27.8. The second-order valence-electron chi connectivity index (χ2n) is 19.1. The SMILES string of the molecule is C=C(CC[C@@]12O[C@H](C(=O)CC)[C@@](O)(C(=O)OC(C)(C)C)[C@@](C(=O)OC(C)(C)C)(O1)[C@H](OC(=O)/C=C/C(C)CC(C)CC)[C@H]2OC(C)(C)OC)C(O)C(C)Cc1ccccc1. The van der Waals surface area contributed by atoms with E-state index in [-0.39, 0.29) is 31.1 Å². The number of ketones is 1. The van der Waals surface area contributed by atoms with E-state index in [4.69, 9.17) is 33.2 Å². The topological polar surface area (TPSA) is 173 Å². The number of ether oxygens (including phenoxy) is 7. The van der Waals surface area contributed by atoms with E-state index >= 15 is 4.79 Å². The molecule has 1 aromatic rings. The minimum atomic E-state index is -3.33. The Hall–Kier alpha value is -3.46. The molecular formula is C47H72O13. The van der Waals surface area contributed by atoms with Crippen LogP contribution in [0.1, 0.15) is 128 Å². The summed E-state index contributed by atoms with van der Waals surface area (Å²) in [6.07, 6.45) is -2.35. The van der Waals surface area contributed by atoms with Crippen molar-refractivity contribution in [2.75, 3.05) is 7.11 Å². The van der Waals surface area contributed by atoms with Crippen LogP contribution in [0.5, 0.6) is 0 Å². The van der Waals surface area contributed by atoms with Crippen molar-refractivity contribution >= 4 is 23.7 Å². The lowest BCUT2D eigenvalue weighted by atomic mass is 9.72. The summed E-state index contributed by atoms with van der Waals surface area (Å²) < 4.78 is 43.5. The maximum atomic E-state index is 15.1. The van der Waals surface area contributed by atoms with Crippen molar-refractivity contribution in [1.82, 2.24) is 0 Å². The molecule has 0 radical (unpaired) electrons. The molecule has 4 unspecified atom stereocenters. The molecule has 2 fully saturated rings. The molecule has 13 heteroatoms. The van der Waals surface area contributed by atoms with Gasteiger partial charge in [-0.15, -0.1) is 0 Å². The fourth-order valence-corrected chi connectivity index (χ4v) is 7.64. The molecule has 0 spiro atoms. The Balaban J connectivity index is 2.37. The molecule has 0 saturated carbocycles. The first-order chi connectivity index (χ1) is 27.6. The number of Topliss-reactive ketones (excluding diaryl/α,β-unsaturated/α-hetero) is 1. The number of hydrogen-bond donors (Lipinski definition) is 2. The number of fused-ring (bicyclic) bond motifs is 2. The van der Waals surface area contributed by atoms with E-state index in [0.717, 1.165) is 18.4 Å².